The lowest BCUT2D eigenvalue weighted by Crippen LogP contribution is -2.44. The van der Waals surface area contributed by atoms with Crippen molar-refractivity contribution in [2.45, 2.75) is 33.1 Å². The summed E-state index contributed by atoms with van der Waals surface area (Å²) in [7, 11) is 0. The predicted molar refractivity (Wildman–Crippen MR) is 56.8 cm³/mol. The van der Waals surface area contributed by atoms with E-state index in [0.717, 1.165) is 31.5 Å². The molecule has 1 rings (SSSR count). The zero-order valence-electron chi connectivity index (χ0n) is 8.79. The van der Waals surface area contributed by atoms with Crippen LogP contribution in [0.3, 0.4) is 0 Å². The van der Waals surface area contributed by atoms with Gasteiger partial charge in [-0.2, -0.15) is 0 Å². The van der Waals surface area contributed by atoms with Gasteiger partial charge in [-0.25, -0.2) is 0 Å². The highest BCUT2D eigenvalue weighted by Crippen LogP contribution is 2.18. The number of aliphatic imine (C=N–C) groups is 1. The van der Waals surface area contributed by atoms with E-state index >= 15 is 0 Å². The van der Waals surface area contributed by atoms with Gasteiger partial charge in [0.1, 0.15) is 0 Å². The summed E-state index contributed by atoms with van der Waals surface area (Å²) in [4.78, 5) is 6.46. The Morgan fingerprint density at radius 1 is 1.54 bits per heavy atom. The summed E-state index contributed by atoms with van der Waals surface area (Å²) in [5.74, 6) is 1.56. The van der Waals surface area contributed by atoms with E-state index < -0.39 is 0 Å². The van der Waals surface area contributed by atoms with Crippen LogP contribution < -0.4 is 5.73 Å². The molecule has 0 saturated carbocycles. The highest BCUT2D eigenvalue weighted by molar-refractivity contribution is 5.78. The van der Waals surface area contributed by atoms with E-state index in [-0.39, 0.29) is 0 Å². The van der Waals surface area contributed by atoms with E-state index in [1.807, 2.05) is 6.92 Å². The quantitative estimate of drug-likeness (QED) is 0.520. The van der Waals surface area contributed by atoms with Crippen LogP contribution in [-0.4, -0.2) is 30.5 Å². The zero-order chi connectivity index (χ0) is 9.68. The number of likely N-dealkylation sites (tertiary alicyclic amines) is 1. The number of nitrogens with zero attached hydrogens (tertiary/aromatic N) is 2. The Morgan fingerprint density at radius 2 is 2.31 bits per heavy atom. The first kappa shape index (κ1) is 10.4. The largest absolute Gasteiger partial charge is 0.370 e. The highest BCUT2D eigenvalue weighted by atomic mass is 15.3. The number of nitrogens with two attached hydrogens (primary N) is 1. The molecule has 1 heterocycles. The van der Waals surface area contributed by atoms with Crippen molar-refractivity contribution in [2.24, 2.45) is 16.6 Å². The minimum atomic E-state index is 0.737. The van der Waals surface area contributed by atoms with Crippen LogP contribution in [0.25, 0.3) is 0 Å². The third-order valence-electron chi connectivity index (χ3n) is 2.74. The molecule has 3 nitrogen and oxygen atoms in total. The van der Waals surface area contributed by atoms with Crippen molar-refractivity contribution in [3.63, 3.8) is 0 Å². The van der Waals surface area contributed by atoms with E-state index in [0.29, 0.717) is 0 Å². The first-order valence-corrected chi connectivity index (χ1v) is 5.32. The van der Waals surface area contributed by atoms with E-state index in [1.165, 1.54) is 19.3 Å². The molecule has 1 saturated heterocycles. The second kappa shape index (κ2) is 5.10. The molecule has 13 heavy (non-hydrogen) atoms. The fourth-order valence-electron chi connectivity index (χ4n) is 1.87. The summed E-state index contributed by atoms with van der Waals surface area (Å²) < 4.78 is 0. The van der Waals surface area contributed by atoms with Crippen LogP contribution in [0.5, 0.6) is 0 Å². The fourth-order valence-corrected chi connectivity index (χ4v) is 1.87. The van der Waals surface area contributed by atoms with E-state index in [4.69, 9.17) is 5.73 Å². The predicted octanol–water partition coefficient (Wildman–Crippen LogP) is 1.44. The Hall–Kier alpha value is -0.730. The third-order valence-corrected chi connectivity index (χ3v) is 2.74. The third kappa shape index (κ3) is 2.90. The topological polar surface area (TPSA) is 41.6 Å². The van der Waals surface area contributed by atoms with Crippen LogP contribution >= 0.6 is 0 Å². The van der Waals surface area contributed by atoms with Crippen molar-refractivity contribution < 1.29 is 0 Å². The standard InChI is InChI=1S/C10H21N3/c1-3-9-6-5-7-13(8-9)10(11)12-4-2/h9H,3-8H2,1-2H3,(H2,11,12). The molecule has 0 spiro atoms. The van der Waals surface area contributed by atoms with Gasteiger partial charge in [-0.3, -0.25) is 4.99 Å². The summed E-state index contributed by atoms with van der Waals surface area (Å²) in [5, 5.41) is 0. The average Bonchev–Trinajstić information content (AvgIpc) is 2.18. The molecule has 0 aliphatic carbocycles. The minimum Gasteiger partial charge on any atom is -0.370 e. The lowest BCUT2D eigenvalue weighted by atomic mass is 9.96. The number of hydrogen-bond donors (Lipinski definition) is 1. The van der Waals surface area contributed by atoms with Crippen LogP contribution in [0.15, 0.2) is 4.99 Å². The summed E-state index contributed by atoms with van der Waals surface area (Å²) in [6.45, 7) is 7.26. The lowest BCUT2D eigenvalue weighted by Gasteiger charge is -2.32. The van der Waals surface area contributed by atoms with E-state index in [1.54, 1.807) is 0 Å². The Kier molecular flexibility index (Phi) is 4.06. The van der Waals surface area contributed by atoms with E-state index in [2.05, 4.69) is 16.8 Å². The molecule has 3 heteroatoms. The Morgan fingerprint density at radius 3 is 2.92 bits per heavy atom. The second-order valence-electron chi connectivity index (χ2n) is 3.70. The first-order chi connectivity index (χ1) is 6.27. The molecule has 2 N–H and O–H groups in total. The van der Waals surface area contributed by atoms with E-state index in [9.17, 15) is 0 Å². The molecular weight excluding hydrogens is 162 g/mol. The van der Waals surface area contributed by atoms with Gasteiger partial charge in [0.05, 0.1) is 0 Å². The monoisotopic (exact) mass is 183 g/mol. The Bertz CT molecular complexity index is 177. The Balaban J connectivity index is 2.46. The molecule has 0 aromatic heterocycles. The molecule has 1 unspecified atom stereocenters. The molecule has 76 valence electrons. The van der Waals surface area contributed by atoms with Crippen molar-refractivity contribution >= 4 is 5.96 Å². The zero-order valence-corrected chi connectivity index (χ0v) is 8.79. The number of piperidine rings is 1. The normalized spacial score (nSPS) is 24.9. The maximum atomic E-state index is 5.85. The fraction of sp³-hybridized carbons (Fsp3) is 0.900. The van der Waals surface area contributed by atoms with Crippen molar-refractivity contribution in [3.05, 3.63) is 0 Å². The smallest absolute Gasteiger partial charge is 0.191 e. The van der Waals surface area contributed by atoms with Gasteiger partial charge in [-0.15, -0.1) is 0 Å². The molecule has 1 atom stereocenters. The summed E-state index contributed by atoms with van der Waals surface area (Å²) in [6.07, 6.45) is 3.88. The van der Waals surface area contributed by atoms with Gasteiger partial charge in [0.2, 0.25) is 0 Å². The molecule has 0 radical (unpaired) electrons. The van der Waals surface area contributed by atoms with Gasteiger partial charge < -0.3 is 10.6 Å². The van der Waals surface area contributed by atoms with Gasteiger partial charge in [0.25, 0.3) is 0 Å². The Labute approximate surface area is 81.0 Å². The van der Waals surface area contributed by atoms with Gasteiger partial charge in [-0.05, 0) is 25.7 Å². The number of rotatable bonds is 2. The minimum absolute atomic E-state index is 0.737. The number of guanidine groups is 1. The SMILES string of the molecule is CCN=C(N)N1CCCC(CC)C1. The molecule has 0 aromatic carbocycles. The molecule has 0 aromatic rings. The van der Waals surface area contributed by atoms with Gasteiger partial charge in [0, 0.05) is 19.6 Å². The molecule has 1 fully saturated rings. The molecule has 0 bridgehead atoms. The van der Waals surface area contributed by atoms with Crippen LogP contribution in [0.1, 0.15) is 33.1 Å². The van der Waals surface area contributed by atoms with Crippen LogP contribution in [-0.2, 0) is 0 Å². The highest BCUT2D eigenvalue weighted by Gasteiger charge is 2.19. The molecular formula is C10H21N3. The number of hydrogen-bond acceptors (Lipinski definition) is 1. The van der Waals surface area contributed by atoms with Crippen molar-refractivity contribution in [1.82, 2.24) is 4.90 Å². The van der Waals surface area contributed by atoms with Gasteiger partial charge in [0.15, 0.2) is 5.96 Å². The maximum absolute atomic E-state index is 5.85. The average molecular weight is 183 g/mol. The summed E-state index contributed by atoms with van der Waals surface area (Å²) in [6, 6.07) is 0. The lowest BCUT2D eigenvalue weighted by molar-refractivity contribution is 0.251. The summed E-state index contributed by atoms with van der Waals surface area (Å²) in [5.41, 5.74) is 5.85. The van der Waals surface area contributed by atoms with Crippen LogP contribution in [0.2, 0.25) is 0 Å². The van der Waals surface area contributed by atoms with Crippen molar-refractivity contribution in [3.8, 4) is 0 Å². The molecule has 1 aliphatic heterocycles. The maximum Gasteiger partial charge on any atom is 0.191 e. The molecule has 1 aliphatic rings. The van der Waals surface area contributed by atoms with Gasteiger partial charge >= 0.3 is 0 Å². The van der Waals surface area contributed by atoms with Gasteiger partial charge in [-0.1, -0.05) is 13.3 Å². The second-order valence-corrected chi connectivity index (χ2v) is 3.70. The first-order valence-electron chi connectivity index (χ1n) is 5.32. The van der Waals surface area contributed by atoms with Crippen LogP contribution in [0, 0.1) is 5.92 Å². The van der Waals surface area contributed by atoms with Crippen molar-refractivity contribution in [2.75, 3.05) is 19.6 Å². The van der Waals surface area contributed by atoms with Crippen molar-refractivity contribution in [1.29, 1.82) is 0 Å². The van der Waals surface area contributed by atoms with Crippen LogP contribution in [0.4, 0.5) is 0 Å². The summed E-state index contributed by atoms with van der Waals surface area (Å²) >= 11 is 0. The molecule has 0 amide bonds.